The topological polar surface area (TPSA) is 80.8 Å². The Bertz CT molecular complexity index is 1180. The van der Waals surface area contributed by atoms with Crippen molar-refractivity contribution in [3.63, 3.8) is 0 Å². The van der Waals surface area contributed by atoms with E-state index >= 15 is 0 Å². The molecule has 0 aromatic heterocycles. The molecule has 2 bridgehead atoms. The number of rotatable bonds is 10. The van der Waals surface area contributed by atoms with Gasteiger partial charge in [-0.05, 0) is 42.2 Å². The molecule has 1 aromatic rings. The van der Waals surface area contributed by atoms with E-state index in [-0.39, 0.29) is 41.4 Å². The quantitative estimate of drug-likeness (QED) is 0.340. The van der Waals surface area contributed by atoms with Gasteiger partial charge in [0.05, 0.1) is 36.3 Å². The molecular weight excluding hydrogens is 514 g/mol. The van der Waals surface area contributed by atoms with Crippen molar-refractivity contribution in [1.29, 1.82) is 0 Å². The first-order valence-corrected chi connectivity index (χ1v) is 19.5. The molecule has 212 valence electrons. The van der Waals surface area contributed by atoms with Gasteiger partial charge in [-0.15, -0.1) is 0 Å². The number of sulfonamides is 1. The van der Waals surface area contributed by atoms with Crippen LogP contribution in [0, 0.1) is 22.2 Å². The van der Waals surface area contributed by atoms with Gasteiger partial charge in [0.2, 0.25) is 15.9 Å². The van der Waals surface area contributed by atoms with Crippen molar-refractivity contribution < 1.29 is 22.7 Å². The maximum absolute atomic E-state index is 13.8. The minimum atomic E-state index is -3.72. The molecule has 0 N–H and O–H groups in total. The number of hydrogen-bond acceptors (Lipinski definition) is 5. The van der Waals surface area contributed by atoms with Crippen molar-refractivity contribution in [2.75, 3.05) is 5.75 Å². The van der Waals surface area contributed by atoms with Crippen LogP contribution < -0.4 is 0 Å². The van der Waals surface area contributed by atoms with Crippen LogP contribution in [-0.4, -0.2) is 50.4 Å². The van der Waals surface area contributed by atoms with Gasteiger partial charge in [-0.3, -0.25) is 9.59 Å². The lowest BCUT2D eigenvalue weighted by molar-refractivity contribution is -0.143. The molecule has 8 heteroatoms. The minimum Gasteiger partial charge on any atom is -0.372 e. The first kappa shape index (κ1) is 29.5. The van der Waals surface area contributed by atoms with Crippen LogP contribution >= 0.6 is 0 Å². The normalized spacial score (nSPS) is 28.4. The standard InChI is InChI=1S/C30H47NO5SSi/c1-9-25(32)28(2,3)26(36-18-21-10-12-22(13-11-21)19-38(6,7)8)17-27(33)31-24-16-23-14-15-30(24,29(23,4)5)20-37(31,34)35/h10-13,23-24,26H,9,14-20H2,1-8H3. The number of amides is 1. The third-order valence-corrected chi connectivity index (χ3v) is 13.5. The van der Waals surface area contributed by atoms with Crippen LogP contribution in [0.3, 0.4) is 0 Å². The Morgan fingerprint density at radius 1 is 1.13 bits per heavy atom. The van der Waals surface area contributed by atoms with E-state index in [1.807, 2.05) is 20.8 Å². The van der Waals surface area contributed by atoms with Gasteiger partial charge in [-0.2, -0.15) is 0 Å². The summed E-state index contributed by atoms with van der Waals surface area (Å²) in [5.74, 6) is 0.0598. The number of benzene rings is 1. The Labute approximate surface area is 231 Å². The zero-order chi connectivity index (χ0) is 28.3. The van der Waals surface area contributed by atoms with Gasteiger partial charge in [0.25, 0.3) is 0 Å². The van der Waals surface area contributed by atoms with Crippen LogP contribution in [0.4, 0.5) is 0 Å². The SMILES string of the molecule is CCC(=O)C(C)(C)C(CC(=O)N1C2CC3CCC2(CS1(=O)=O)C3(C)C)OCc1ccc(C[Si](C)(C)C)cc1. The van der Waals surface area contributed by atoms with Crippen LogP contribution in [0.2, 0.25) is 19.6 Å². The molecular formula is C30H47NO5SSi. The number of fused-ring (bicyclic) bond motifs is 1. The second-order valence-electron chi connectivity index (χ2n) is 14.4. The molecule has 1 spiro atoms. The molecule has 1 heterocycles. The molecule has 4 atom stereocenters. The fraction of sp³-hybridized carbons (Fsp3) is 0.733. The van der Waals surface area contributed by atoms with Crippen molar-refractivity contribution in [2.45, 2.75) is 111 Å². The molecule has 3 aliphatic rings. The maximum Gasteiger partial charge on any atom is 0.238 e. The average Bonchev–Trinajstić information content (AvgIpc) is 3.28. The number of ketones is 1. The largest absolute Gasteiger partial charge is 0.372 e. The summed E-state index contributed by atoms with van der Waals surface area (Å²) in [5.41, 5.74) is 0.897. The Hall–Kier alpha value is -1.51. The highest BCUT2D eigenvalue weighted by Crippen LogP contribution is 2.70. The van der Waals surface area contributed by atoms with Crippen LogP contribution in [0.25, 0.3) is 0 Å². The van der Waals surface area contributed by atoms with Crippen molar-refractivity contribution in [2.24, 2.45) is 22.2 Å². The lowest BCUT2D eigenvalue weighted by Gasteiger charge is -2.38. The zero-order valence-electron chi connectivity index (χ0n) is 24.6. The molecule has 1 aliphatic heterocycles. The molecule has 4 rings (SSSR count). The van der Waals surface area contributed by atoms with Crippen molar-refractivity contribution in [1.82, 2.24) is 4.31 Å². The van der Waals surface area contributed by atoms with Gasteiger partial charge >= 0.3 is 0 Å². The summed E-state index contributed by atoms with van der Waals surface area (Å²) in [6.45, 7) is 17.1. The van der Waals surface area contributed by atoms with E-state index in [9.17, 15) is 18.0 Å². The predicted molar refractivity (Wildman–Crippen MR) is 154 cm³/mol. The fourth-order valence-electron chi connectivity index (χ4n) is 7.59. The molecule has 1 saturated heterocycles. The van der Waals surface area contributed by atoms with E-state index < -0.39 is 35.5 Å². The number of carbonyl (C=O) groups excluding carboxylic acids is 2. The molecule has 4 unspecified atom stereocenters. The minimum absolute atomic E-state index is 0.00240. The highest BCUT2D eigenvalue weighted by molar-refractivity contribution is 7.90. The summed E-state index contributed by atoms with van der Waals surface area (Å²) in [6.07, 6.45) is 2.11. The average molecular weight is 562 g/mol. The van der Waals surface area contributed by atoms with Gasteiger partial charge < -0.3 is 4.74 Å². The monoisotopic (exact) mass is 561 g/mol. The zero-order valence-corrected chi connectivity index (χ0v) is 26.4. The van der Waals surface area contributed by atoms with Crippen LogP contribution in [0.5, 0.6) is 0 Å². The highest BCUT2D eigenvalue weighted by Gasteiger charge is 2.72. The van der Waals surface area contributed by atoms with E-state index in [0.717, 1.165) is 30.9 Å². The van der Waals surface area contributed by atoms with Gasteiger partial charge in [-0.1, -0.05) is 84.1 Å². The molecule has 2 aliphatic carbocycles. The number of hydrogen-bond donors (Lipinski definition) is 0. The number of Topliss-reactive ketones (excluding diaryl/α,β-unsaturated/α-hetero) is 1. The van der Waals surface area contributed by atoms with Gasteiger partial charge in [0, 0.05) is 19.9 Å². The van der Waals surface area contributed by atoms with Crippen molar-refractivity contribution >= 4 is 29.8 Å². The van der Waals surface area contributed by atoms with E-state index in [1.165, 1.54) is 9.87 Å². The maximum atomic E-state index is 13.8. The summed E-state index contributed by atoms with van der Waals surface area (Å²) >= 11 is 0. The van der Waals surface area contributed by atoms with Crippen molar-refractivity contribution in [3.8, 4) is 0 Å². The molecule has 2 saturated carbocycles. The predicted octanol–water partition coefficient (Wildman–Crippen LogP) is 5.75. The van der Waals surface area contributed by atoms with Gasteiger partial charge in [0.15, 0.2) is 0 Å². The number of carbonyl (C=O) groups is 2. The molecule has 38 heavy (non-hydrogen) atoms. The summed E-state index contributed by atoms with van der Waals surface area (Å²) in [7, 11) is -4.94. The second-order valence-corrected chi connectivity index (χ2v) is 21.7. The third-order valence-electron chi connectivity index (χ3n) is 10.1. The Morgan fingerprint density at radius 2 is 1.74 bits per heavy atom. The van der Waals surface area contributed by atoms with Gasteiger partial charge in [0.1, 0.15) is 5.78 Å². The van der Waals surface area contributed by atoms with Crippen LogP contribution in [0.15, 0.2) is 24.3 Å². The summed E-state index contributed by atoms with van der Waals surface area (Å²) in [5, 5.41) is 0. The number of nitrogens with zero attached hydrogens (tertiary/aromatic N) is 1. The first-order chi connectivity index (χ1) is 17.4. The molecule has 1 amide bonds. The lowest BCUT2D eigenvalue weighted by atomic mass is 9.69. The van der Waals surface area contributed by atoms with E-state index in [2.05, 4.69) is 57.8 Å². The Morgan fingerprint density at radius 3 is 2.29 bits per heavy atom. The Balaban J connectivity index is 1.54. The number of ether oxygens (including phenoxy) is 1. The molecule has 1 aromatic carbocycles. The fourth-order valence-corrected chi connectivity index (χ4v) is 11.6. The lowest BCUT2D eigenvalue weighted by Crippen LogP contribution is -2.47. The first-order valence-electron chi connectivity index (χ1n) is 14.2. The van der Waals surface area contributed by atoms with Crippen LogP contribution in [-0.2, 0) is 37.0 Å². The second kappa shape index (κ2) is 9.84. The molecule has 3 fully saturated rings. The summed E-state index contributed by atoms with van der Waals surface area (Å²) < 4.78 is 34.4. The summed E-state index contributed by atoms with van der Waals surface area (Å²) in [4.78, 5) is 26.7. The van der Waals surface area contributed by atoms with Gasteiger partial charge in [-0.25, -0.2) is 12.7 Å². The van der Waals surface area contributed by atoms with E-state index in [4.69, 9.17) is 4.74 Å². The van der Waals surface area contributed by atoms with E-state index in [1.54, 1.807) is 0 Å². The Kier molecular flexibility index (Phi) is 7.63. The smallest absolute Gasteiger partial charge is 0.238 e. The van der Waals surface area contributed by atoms with E-state index in [0.29, 0.717) is 12.3 Å². The van der Waals surface area contributed by atoms with Crippen LogP contribution in [0.1, 0.15) is 77.8 Å². The molecule has 6 nitrogen and oxygen atoms in total. The summed E-state index contributed by atoms with van der Waals surface area (Å²) in [6, 6.07) is 9.19. The molecule has 0 radical (unpaired) electrons. The van der Waals surface area contributed by atoms with Crippen molar-refractivity contribution in [3.05, 3.63) is 35.4 Å². The highest BCUT2D eigenvalue weighted by atomic mass is 32.2. The third kappa shape index (κ3) is 5.05.